The van der Waals surface area contributed by atoms with Crippen LogP contribution in [0.3, 0.4) is 0 Å². The summed E-state index contributed by atoms with van der Waals surface area (Å²) in [6.45, 7) is 0. The largest absolute Gasteiger partial charge is 0.457 e. The summed E-state index contributed by atoms with van der Waals surface area (Å²) in [5, 5.41) is 2.60. The summed E-state index contributed by atoms with van der Waals surface area (Å²) in [4.78, 5) is 30.5. The number of anilines is 1. The Bertz CT molecular complexity index is 1100. The van der Waals surface area contributed by atoms with Crippen LogP contribution in [0.2, 0.25) is 0 Å². The molecule has 1 fully saturated rings. The van der Waals surface area contributed by atoms with Crippen molar-refractivity contribution in [2.24, 2.45) is 0 Å². The Balaban J connectivity index is 1.60. The van der Waals surface area contributed by atoms with Crippen LogP contribution < -0.4 is 15.0 Å². The molecule has 2 heterocycles. The molecule has 29 heavy (non-hydrogen) atoms. The normalized spacial score (nSPS) is 15.4. The summed E-state index contributed by atoms with van der Waals surface area (Å²) in [7, 11) is 0. The molecule has 0 spiro atoms. The van der Waals surface area contributed by atoms with Crippen molar-refractivity contribution in [3.8, 4) is 11.5 Å². The molecule has 0 radical (unpaired) electrons. The van der Waals surface area contributed by atoms with Gasteiger partial charge in [0, 0.05) is 12.4 Å². The van der Waals surface area contributed by atoms with Gasteiger partial charge in [-0.05, 0) is 72.4 Å². The van der Waals surface area contributed by atoms with Crippen LogP contribution in [0.1, 0.15) is 5.56 Å². The van der Waals surface area contributed by atoms with Gasteiger partial charge in [-0.3, -0.25) is 24.8 Å². The fourth-order valence-electron chi connectivity index (χ4n) is 2.81. The molecule has 1 aromatic heterocycles. The number of carbonyl (C=O) groups is 2. The van der Waals surface area contributed by atoms with Crippen LogP contribution >= 0.6 is 12.2 Å². The van der Waals surface area contributed by atoms with Crippen molar-refractivity contribution in [1.82, 2.24) is 10.3 Å². The zero-order valence-corrected chi connectivity index (χ0v) is 15.9. The Morgan fingerprint density at radius 2 is 1.55 bits per heavy atom. The molecule has 0 saturated carbocycles. The van der Waals surface area contributed by atoms with Crippen LogP contribution in [0.25, 0.3) is 6.08 Å². The molecule has 7 heteroatoms. The van der Waals surface area contributed by atoms with E-state index in [9.17, 15) is 9.59 Å². The minimum absolute atomic E-state index is 0.00517. The molecule has 0 aliphatic carbocycles. The average molecular weight is 401 g/mol. The second kappa shape index (κ2) is 8.04. The van der Waals surface area contributed by atoms with E-state index in [-0.39, 0.29) is 10.7 Å². The number of amides is 2. The van der Waals surface area contributed by atoms with Gasteiger partial charge in [-0.25, -0.2) is 0 Å². The number of nitrogens with one attached hydrogen (secondary N) is 1. The van der Waals surface area contributed by atoms with Gasteiger partial charge >= 0.3 is 0 Å². The summed E-state index contributed by atoms with van der Waals surface area (Å²) in [6, 6.07) is 19.7. The van der Waals surface area contributed by atoms with E-state index in [2.05, 4.69) is 10.3 Å². The summed E-state index contributed by atoms with van der Waals surface area (Å²) in [6.07, 6.45) is 4.69. The molecule has 4 rings (SSSR count). The van der Waals surface area contributed by atoms with E-state index in [0.717, 1.165) is 0 Å². The number of thiocarbonyl (C=S) groups is 1. The lowest BCUT2D eigenvalue weighted by Crippen LogP contribution is -2.54. The van der Waals surface area contributed by atoms with Gasteiger partial charge in [-0.2, -0.15) is 0 Å². The van der Waals surface area contributed by atoms with Gasteiger partial charge in [0.1, 0.15) is 17.1 Å². The second-order valence-corrected chi connectivity index (χ2v) is 6.53. The minimum Gasteiger partial charge on any atom is -0.457 e. The number of rotatable bonds is 4. The molecule has 2 amide bonds. The fourth-order valence-corrected chi connectivity index (χ4v) is 3.09. The number of nitrogens with zero attached hydrogens (tertiary/aromatic N) is 2. The molecule has 0 unspecified atom stereocenters. The SMILES string of the molecule is O=C1NC(=S)N(c2ccc(Oc3ccccc3)cc2)C(=O)C1=Cc1ccncc1. The first-order valence-corrected chi connectivity index (χ1v) is 9.17. The highest BCUT2D eigenvalue weighted by molar-refractivity contribution is 7.80. The van der Waals surface area contributed by atoms with E-state index < -0.39 is 11.8 Å². The maximum Gasteiger partial charge on any atom is 0.270 e. The van der Waals surface area contributed by atoms with Gasteiger partial charge in [-0.15, -0.1) is 0 Å². The molecule has 3 aromatic rings. The Labute approximate surface area is 172 Å². The van der Waals surface area contributed by atoms with Crippen molar-refractivity contribution in [3.05, 3.63) is 90.3 Å². The third-order valence-corrected chi connectivity index (χ3v) is 4.48. The lowest BCUT2D eigenvalue weighted by Gasteiger charge is -2.29. The van der Waals surface area contributed by atoms with Crippen molar-refractivity contribution in [3.63, 3.8) is 0 Å². The maximum atomic E-state index is 13.0. The molecule has 2 aromatic carbocycles. The van der Waals surface area contributed by atoms with Gasteiger partial charge in [0.05, 0.1) is 5.69 Å². The molecule has 1 aliphatic rings. The second-order valence-electron chi connectivity index (χ2n) is 6.15. The van der Waals surface area contributed by atoms with Gasteiger partial charge in [-0.1, -0.05) is 18.2 Å². The van der Waals surface area contributed by atoms with Crippen LogP contribution in [-0.2, 0) is 9.59 Å². The predicted octanol–water partition coefficient (Wildman–Crippen LogP) is 3.71. The number of aromatic nitrogens is 1. The monoisotopic (exact) mass is 401 g/mol. The number of pyridine rings is 1. The number of hydrogen-bond donors (Lipinski definition) is 1. The molecule has 1 aliphatic heterocycles. The van der Waals surface area contributed by atoms with Crippen LogP contribution in [0.15, 0.2) is 84.7 Å². The number of hydrogen-bond acceptors (Lipinski definition) is 5. The molecule has 142 valence electrons. The molecular weight excluding hydrogens is 386 g/mol. The van der Waals surface area contributed by atoms with Crippen LogP contribution in [0, 0.1) is 0 Å². The van der Waals surface area contributed by atoms with E-state index in [4.69, 9.17) is 17.0 Å². The first kappa shape index (κ1) is 18.5. The zero-order valence-electron chi connectivity index (χ0n) is 15.1. The molecular formula is C22H15N3O3S. The lowest BCUT2D eigenvalue weighted by atomic mass is 10.1. The smallest absolute Gasteiger partial charge is 0.270 e. The fraction of sp³-hybridized carbons (Fsp3) is 0. The number of para-hydroxylation sites is 1. The zero-order chi connectivity index (χ0) is 20.2. The van der Waals surface area contributed by atoms with Crippen molar-refractivity contribution < 1.29 is 14.3 Å². The van der Waals surface area contributed by atoms with Crippen LogP contribution in [0.5, 0.6) is 11.5 Å². The first-order valence-electron chi connectivity index (χ1n) is 8.76. The first-order chi connectivity index (χ1) is 14.1. The lowest BCUT2D eigenvalue weighted by molar-refractivity contribution is -0.122. The van der Waals surface area contributed by atoms with Gasteiger partial charge in [0.15, 0.2) is 5.11 Å². The van der Waals surface area contributed by atoms with Crippen molar-refractivity contribution in [2.75, 3.05) is 4.90 Å². The van der Waals surface area contributed by atoms with E-state index in [1.165, 1.54) is 11.0 Å². The standard InChI is InChI=1S/C22H15N3O3S/c26-20-19(14-15-10-12-23-13-11-15)21(27)25(22(29)24-20)16-6-8-18(9-7-16)28-17-4-2-1-3-5-17/h1-14H,(H,24,26,29). The van der Waals surface area contributed by atoms with Crippen LogP contribution in [0.4, 0.5) is 5.69 Å². The van der Waals surface area contributed by atoms with Gasteiger partial charge in [0.2, 0.25) is 0 Å². The number of benzene rings is 2. The van der Waals surface area contributed by atoms with E-state index in [1.807, 2.05) is 30.3 Å². The topological polar surface area (TPSA) is 71.5 Å². The van der Waals surface area contributed by atoms with E-state index >= 15 is 0 Å². The van der Waals surface area contributed by atoms with Gasteiger partial charge < -0.3 is 4.74 Å². The summed E-state index contributed by atoms with van der Waals surface area (Å²) in [5.74, 6) is 0.302. The minimum atomic E-state index is -0.530. The Hall–Kier alpha value is -3.84. The van der Waals surface area contributed by atoms with Crippen molar-refractivity contribution in [1.29, 1.82) is 0 Å². The molecule has 6 nitrogen and oxygen atoms in total. The maximum absolute atomic E-state index is 13.0. The van der Waals surface area contributed by atoms with E-state index in [0.29, 0.717) is 22.7 Å². The quantitative estimate of drug-likeness (QED) is 0.410. The Morgan fingerprint density at radius 3 is 2.24 bits per heavy atom. The third-order valence-electron chi connectivity index (χ3n) is 4.19. The number of ether oxygens (including phenoxy) is 1. The molecule has 0 atom stereocenters. The Kier molecular flexibility index (Phi) is 5.13. The molecule has 1 N–H and O–H groups in total. The summed E-state index contributed by atoms with van der Waals surface area (Å²) < 4.78 is 5.77. The average Bonchev–Trinajstić information content (AvgIpc) is 2.74. The highest BCUT2D eigenvalue weighted by atomic mass is 32.1. The highest BCUT2D eigenvalue weighted by Gasteiger charge is 2.34. The predicted molar refractivity (Wildman–Crippen MR) is 113 cm³/mol. The number of carbonyl (C=O) groups excluding carboxylic acids is 2. The van der Waals surface area contributed by atoms with Gasteiger partial charge in [0.25, 0.3) is 11.8 Å². The van der Waals surface area contributed by atoms with E-state index in [1.54, 1.807) is 48.8 Å². The molecule has 0 bridgehead atoms. The Morgan fingerprint density at radius 1 is 0.897 bits per heavy atom. The highest BCUT2D eigenvalue weighted by Crippen LogP contribution is 2.27. The van der Waals surface area contributed by atoms with Crippen LogP contribution in [-0.4, -0.2) is 21.9 Å². The van der Waals surface area contributed by atoms with Crippen molar-refractivity contribution >= 4 is 40.9 Å². The van der Waals surface area contributed by atoms with Crippen molar-refractivity contribution in [2.45, 2.75) is 0 Å². The summed E-state index contributed by atoms with van der Waals surface area (Å²) in [5.41, 5.74) is 1.22. The third kappa shape index (κ3) is 4.04. The summed E-state index contributed by atoms with van der Waals surface area (Å²) >= 11 is 5.22. The molecule has 1 saturated heterocycles.